The Labute approximate surface area is 138 Å². The van der Waals surface area contributed by atoms with E-state index in [2.05, 4.69) is 16.3 Å². The molecule has 0 bridgehead atoms. The number of nitrogens with zero attached hydrogens (tertiary/aromatic N) is 1. The van der Waals surface area contributed by atoms with Crippen molar-refractivity contribution in [2.75, 3.05) is 24.5 Å². The van der Waals surface area contributed by atoms with Crippen LogP contribution in [0.4, 0.5) is 10.5 Å². The number of aliphatic hydroxyl groups is 1. The SMILES string of the molecule is CC(C)(C)OC(=O)NCC1CCCN(c2cccc(CO)c2)C1. The van der Waals surface area contributed by atoms with Crippen molar-refractivity contribution in [2.45, 2.75) is 45.8 Å². The van der Waals surface area contributed by atoms with Gasteiger partial charge in [0, 0.05) is 25.3 Å². The van der Waals surface area contributed by atoms with E-state index in [9.17, 15) is 9.90 Å². The number of hydrogen-bond donors (Lipinski definition) is 2. The molecule has 1 aromatic carbocycles. The van der Waals surface area contributed by atoms with Gasteiger partial charge in [-0.25, -0.2) is 4.79 Å². The lowest BCUT2D eigenvalue weighted by molar-refractivity contribution is 0.0517. The molecule has 1 saturated heterocycles. The summed E-state index contributed by atoms with van der Waals surface area (Å²) in [4.78, 5) is 14.1. The van der Waals surface area contributed by atoms with Crippen LogP contribution in [0.5, 0.6) is 0 Å². The van der Waals surface area contributed by atoms with Crippen LogP contribution in [0.15, 0.2) is 24.3 Å². The second-order valence-corrected chi connectivity index (χ2v) is 7.17. The first kappa shape index (κ1) is 17.6. The normalized spacial score (nSPS) is 18.6. The Bertz CT molecular complexity index is 525. The lowest BCUT2D eigenvalue weighted by Crippen LogP contribution is -2.42. The molecule has 128 valence electrons. The molecule has 1 amide bonds. The van der Waals surface area contributed by atoms with Gasteiger partial charge in [0.15, 0.2) is 0 Å². The van der Waals surface area contributed by atoms with Crippen molar-refractivity contribution in [3.63, 3.8) is 0 Å². The number of aliphatic hydroxyl groups excluding tert-OH is 1. The van der Waals surface area contributed by atoms with E-state index in [0.717, 1.165) is 37.2 Å². The average molecular weight is 320 g/mol. The summed E-state index contributed by atoms with van der Waals surface area (Å²) >= 11 is 0. The fourth-order valence-corrected chi connectivity index (χ4v) is 2.86. The van der Waals surface area contributed by atoms with Crippen LogP contribution in [0.25, 0.3) is 0 Å². The van der Waals surface area contributed by atoms with Gasteiger partial charge < -0.3 is 20.1 Å². The zero-order chi connectivity index (χ0) is 16.9. The molecule has 0 radical (unpaired) electrons. The van der Waals surface area contributed by atoms with Crippen LogP contribution in [0.1, 0.15) is 39.2 Å². The number of alkyl carbamates (subject to hydrolysis) is 1. The summed E-state index contributed by atoms with van der Waals surface area (Å²) in [6.45, 7) is 8.20. The van der Waals surface area contributed by atoms with Gasteiger partial charge in [0.25, 0.3) is 0 Å². The molecule has 0 spiro atoms. The highest BCUT2D eigenvalue weighted by Crippen LogP contribution is 2.24. The van der Waals surface area contributed by atoms with Crippen LogP contribution in [-0.4, -0.2) is 36.4 Å². The number of benzene rings is 1. The molecule has 23 heavy (non-hydrogen) atoms. The van der Waals surface area contributed by atoms with Crippen LogP contribution in [0, 0.1) is 5.92 Å². The van der Waals surface area contributed by atoms with Gasteiger partial charge in [-0.1, -0.05) is 12.1 Å². The maximum Gasteiger partial charge on any atom is 0.407 e. The number of nitrogens with one attached hydrogen (secondary N) is 1. The molecule has 1 aliphatic rings. The number of amides is 1. The zero-order valence-electron chi connectivity index (χ0n) is 14.3. The van der Waals surface area contributed by atoms with Crippen molar-refractivity contribution >= 4 is 11.8 Å². The van der Waals surface area contributed by atoms with Gasteiger partial charge in [0.1, 0.15) is 5.60 Å². The maximum absolute atomic E-state index is 11.8. The molecule has 5 heteroatoms. The van der Waals surface area contributed by atoms with Gasteiger partial charge in [-0.15, -0.1) is 0 Å². The van der Waals surface area contributed by atoms with E-state index in [-0.39, 0.29) is 12.7 Å². The summed E-state index contributed by atoms with van der Waals surface area (Å²) in [6.07, 6.45) is 1.85. The molecule has 1 heterocycles. The van der Waals surface area contributed by atoms with Crippen LogP contribution in [-0.2, 0) is 11.3 Å². The van der Waals surface area contributed by atoms with Crippen molar-refractivity contribution < 1.29 is 14.6 Å². The number of carbonyl (C=O) groups excluding carboxylic acids is 1. The first-order chi connectivity index (χ1) is 10.9. The number of carbonyl (C=O) groups is 1. The topological polar surface area (TPSA) is 61.8 Å². The van der Waals surface area contributed by atoms with Crippen LogP contribution in [0.2, 0.25) is 0 Å². The number of ether oxygens (including phenoxy) is 1. The molecule has 1 unspecified atom stereocenters. The number of rotatable bonds is 4. The first-order valence-electron chi connectivity index (χ1n) is 8.29. The molecule has 2 rings (SSSR count). The molecular weight excluding hydrogens is 292 g/mol. The second kappa shape index (κ2) is 7.68. The predicted molar refractivity (Wildman–Crippen MR) is 91.5 cm³/mol. The molecule has 2 N–H and O–H groups in total. The Morgan fingerprint density at radius 1 is 1.43 bits per heavy atom. The molecule has 1 aliphatic heterocycles. The van der Waals surface area contributed by atoms with Crippen molar-refractivity contribution in [1.29, 1.82) is 0 Å². The molecule has 1 aromatic rings. The third-order valence-corrected chi connectivity index (χ3v) is 3.91. The summed E-state index contributed by atoms with van der Waals surface area (Å²) in [5.74, 6) is 0.411. The Kier molecular flexibility index (Phi) is 5.88. The molecule has 1 atom stereocenters. The smallest absolute Gasteiger partial charge is 0.407 e. The minimum absolute atomic E-state index is 0.0608. The molecule has 0 aliphatic carbocycles. The van der Waals surface area contributed by atoms with E-state index < -0.39 is 5.60 Å². The van der Waals surface area contributed by atoms with Crippen molar-refractivity contribution in [3.05, 3.63) is 29.8 Å². The van der Waals surface area contributed by atoms with E-state index in [1.807, 2.05) is 39.0 Å². The Hall–Kier alpha value is -1.75. The Balaban J connectivity index is 1.87. The summed E-state index contributed by atoms with van der Waals surface area (Å²) < 4.78 is 5.28. The highest BCUT2D eigenvalue weighted by Gasteiger charge is 2.22. The highest BCUT2D eigenvalue weighted by atomic mass is 16.6. The Morgan fingerprint density at radius 2 is 2.22 bits per heavy atom. The molecular formula is C18H28N2O3. The fraction of sp³-hybridized carbons (Fsp3) is 0.611. The van der Waals surface area contributed by atoms with Gasteiger partial charge in [-0.2, -0.15) is 0 Å². The lowest BCUT2D eigenvalue weighted by Gasteiger charge is -2.34. The van der Waals surface area contributed by atoms with E-state index in [4.69, 9.17) is 4.74 Å². The zero-order valence-corrected chi connectivity index (χ0v) is 14.3. The van der Waals surface area contributed by atoms with E-state index in [1.54, 1.807) is 0 Å². The van der Waals surface area contributed by atoms with Gasteiger partial charge in [-0.3, -0.25) is 0 Å². The number of hydrogen-bond acceptors (Lipinski definition) is 4. The summed E-state index contributed by atoms with van der Waals surface area (Å²) in [7, 11) is 0. The van der Waals surface area contributed by atoms with Crippen LogP contribution < -0.4 is 10.2 Å². The maximum atomic E-state index is 11.8. The summed E-state index contributed by atoms with van der Waals surface area (Å²) in [6, 6.07) is 8.00. The average Bonchev–Trinajstić information content (AvgIpc) is 2.52. The second-order valence-electron chi connectivity index (χ2n) is 7.17. The largest absolute Gasteiger partial charge is 0.444 e. The number of anilines is 1. The van der Waals surface area contributed by atoms with Gasteiger partial charge in [0.05, 0.1) is 6.61 Å². The monoisotopic (exact) mass is 320 g/mol. The summed E-state index contributed by atoms with van der Waals surface area (Å²) in [5, 5.41) is 12.1. The van der Waals surface area contributed by atoms with Crippen molar-refractivity contribution in [1.82, 2.24) is 5.32 Å². The molecule has 5 nitrogen and oxygen atoms in total. The van der Waals surface area contributed by atoms with E-state index >= 15 is 0 Å². The predicted octanol–water partition coefficient (Wildman–Crippen LogP) is 2.92. The fourth-order valence-electron chi connectivity index (χ4n) is 2.86. The first-order valence-corrected chi connectivity index (χ1v) is 8.29. The van der Waals surface area contributed by atoms with E-state index in [0.29, 0.717) is 12.5 Å². The third-order valence-electron chi connectivity index (χ3n) is 3.91. The van der Waals surface area contributed by atoms with Crippen molar-refractivity contribution in [2.24, 2.45) is 5.92 Å². The van der Waals surface area contributed by atoms with Gasteiger partial charge >= 0.3 is 6.09 Å². The van der Waals surface area contributed by atoms with Gasteiger partial charge in [0.2, 0.25) is 0 Å². The lowest BCUT2D eigenvalue weighted by atomic mass is 9.97. The molecule has 0 saturated carbocycles. The molecule has 0 aromatic heterocycles. The quantitative estimate of drug-likeness (QED) is 0.895. The highest BCUT2D eigenvalue weighted by molar-refractivity contribution is 5.67. The number of piperidine rings is 1. The minimum atomic E-state index is -0.465. The van der Waals surface area contributed by atoms with E-state index in [1.165, 1.54) is 0 Å². The standard InChI is InChI=1S/C18H28N2O3/c1-18(2,3)23-17(22)19-11-15-7-5-9-20(12-15)16-8-4-6-14(10-16)13-21/h4,6,8,10,15,21H,5,7,9,11-13H2,1-3H3,(H,19,22). The summed E-state index contributed by atoms with van der Waals surface area (Å²) in [5.41, 5.74) is 1.60. The van der Waals surface area contributed by atoms with Gasteiger partial charge in [-0.05, 0) is 57.2 Å². The minimum Gasteiger partial charge on any atom is -0.444 e. The van der Waals surface area contributed by atoms with Crippen LogP contribution in [0.3, 0.4) is 0 Å². The van der Waals surface area contributed by atoms with Crippen LogP contribution >= 0.6 is 0 Å². The molecule has 1 fully saturated rings. The third kappa shape index (κ3) is 5.75. The van der Waals surface area contributed by atoms with Crippen molar-refractivity contribution in [3.8, 4) is 0 Å². The Morgan fingerprint density at radius 3 is 2.91 bits per heavy atom.